The van der Waals surface area contributed by atoms with E-state index in [1.54, 1.807) is 0 Å². The number of aromatic nitrogens is 1. The van der Waals surface area contributed by atoms with Crippen molar-refractivity contribution in [2.45, 2.75) is 50.9 Å². The molecule has 1 aliphatic carbocycles. The lowest BCUT2D eigenvalue weighted by Crippen LogP contribution is -2.63. The molecule has 9 heteroatoms. The number of rotatable bonds is 6. The highest BCUT2D eigenvalue weighted by Gasteiger charge is 2.36. The number of thiazole rings is 1. The van der Waals surface area contributed by atoms with E-state index in [2.05, 4.69) is 26.3 Å². The van der Waals surface area contributed by atoms with E-state index in [-0.39, 0.29) is 18.5 Å². The van der Waals surface area contributed by atoms with Crippen LogP contribution >= 0.6 is 35.2 Å². The molecule has 6 nitrogen and oxygen atoms in total. The second-order valence-electron chi connectivity index (χ2n) is 7.52. The average molecular weight is 450 g/mol. The number of fused-ring (bicyclic) bond motifs is 1. The highest BCUT2D eigenvalue weighted by molar-refractivity contribution is 7.80. The third kappa shape index (κ3) is 5.38. The normalized spacial score (nSPS) is 23.5. The largest absolute Gasteiger partial charge is 0.360 e. The van der Waals surface area contributed by atoms with E-state index < -0.39 is 0 Å². The predicted molar refractivity (Wildman–Crippen MR) is 121 cm³/mol. The summed E-state index contributed by atoms with van der Waals surface area (Å²) in [5, 5.41) is 17.3. The minimum Gasteiger partial charge on any atom is -0.360 e. The molecule has 0 bridgehead atoms. The standard InChI is InChI=1S/C20H24ClN5OS2/c21-13-7-5-12(6-8-13)10-22-17(27)9-14-11-29-20(23-14)26-18-15-3-1-2-4-16(15)24-19(28)25-18/h5-8,11,15-16,18H,1-4,9-10H2,(H,22,27)(H,23,26)(H2,24,25,28). The van der Waals surface area contributed by atoms with E-state index in [0.29, 0.717) is 28.6 Å². The lowest BCUT2D eigenvalue weighted by molar-refractivity contribution is -0.120. The first-order chi connectivity index (χ1) is 14.1. The number of nitrogens with zero attached hydrogens (tertiary/aromatic N) is 1. The Morgan fingerprint density at radius 3 is 2.86 bits per heavy atom. The van der Waals surface area contributed by atoms with Gasteiger partial charge in [-0.3, -0.25) is 4.79 Å². The molecule has 3 atom stereocenters. The van der Waals surface area contributed by atoms with Crippen LogP contribution in [0.2, 0.25) is 5.02 Å². The number of carbonyl (C=O) groups excluding carboxylic acids is 1. The number of benzene rings is 1. The van der Waals surface area contributed by atoms with Crippen LogP contribution in [0.25, 0.3) is 0 Å². The number of anilines is 1. The highest BCUT2D eigenvalue weighted by atomic mass is 35.5. The number of amides is 1. The topological polar surface area (TPSA) is 78.1 Å². The van der Waals surface area contributed by atoms with Gasteiger partial charge >= 0.3 is 0 Å². The summed E-state index contributed by atoms with van der Waals surface area (Å²) in [4.78, 5) is 16.9. The van der Waals surface area contributed by atoms with Gasteiger partial charge < -0.3 is 21.3 Å². The SMILES string of the molecule is O=C(Cc1csc(NC2NC(=S)NC3CCCCC32)n1)NCc1ccc(Cl)cc1. The fourth-order valence-electron chi connectivity index (χ4n) is 3.96. The molecule has 29 heavy (non-hydrogen) atoms. The van der Waals surface area contributed by atoms with Crippen LogP contribution in [0.5, 0.6) is 0 Å². The first kappa shape index (κ1) is 20.4. The molecule has 4 rings (SSSR count). The monoisotopic (exact) mass is 449 g/mol. The van der Waals surface area contributed by atoms with Gasteiger partial charge in [-0.1, -0.05) is 36.6 Å². The minimum atomic E-state index is -0.0506. The van der Waals surface area contributed by atoms with Crippen molar-refractivity contribution in [1.29, 1.82) is 0 Å². The van der Waals surface area contributed by atoms with Crippen LogP contribution in [0, 0.1) is 5.92 Å². The first-order valence-corrected chi connectivity index (χ1v) is 11.5. The van der Waals surface area contributed by atoms with Crippen molar-refractivity contribution in [3.63, 3.8) is 0 Å². The summed E-state index contributed by atoms with van der Waals surface area (Å²) < 4.78 is 0. The lowest BCUT2D eigenvalue weighted by Gasteiger charge is -2.43. The van der Waals surface area contributed by atoms with E-state index in [9.17, 15) is 4.79 Å². The van der Waals surface area contributed by atoms with Crippen LogP contribution in [-0.4, -0.2) is 28.2 Å². The van der Waals surface area contributed by atoms with Crippen LogP contribution < -0.4 is 21.3 Å². The number of hydrogen-bond acceptors (Lipinski definition) is 5. The van der Waals surface area contributed by atoms with Gasteiger partial charge in [-0.25, -0.2) is 4.98 Å². The molecular weight excluding hydrogens is 426 g/mol. The zero-order valence-electron chi connectivity index (χ0n) is 15.9. The van der Waals surface area contributed by atoms with Crippen molar-refractivity contribution < 1.29 is 4.79 Å². The van der Waals surface area contributed by atoms with Crippen LogP contribution in [-0.2, 0) is 17.8 Å². The third-order valence-corrected chi connectivity index (χ3v) is 6.74. The molecule has 1 aromatic carbocycles. The predicted octanol–water partition coefficient (Wildman–Crippen LogP) is 3.43. The molecule has 2 heterocycles. The molecule has 1 saturated heterocycles. The molecule has 154 valence electrons. The van der Waals surface area contributed by atoms with Crippen LogP contribution in [0.4, 0.5) is 5.13 Å². The number of nitrogens with one attached hydrogen (secondary N) is 4. The van der Waals surface area contributed by atoms with Gasteiger partial charge in [0.25, 0.3) is 0 Å². The van der Waals surface area contributed by atoms with Crippen molar-refractivity contribution in [2.75, 3.05) is 5.32 Å². The first-order valence-electron chi connectivity index (χ1n) is 9.86. The quantitative estimate of drug-likeness (QED) is 0.506. The fraction of sp³-hybridized carbons (Fsp3) is 0.450. The zero-order valence-corrected chi connectivity index (χ0v) is 18.3. The summed E-state index contributed by atoms with van der Waals surface area (Å²) in [5.74, 6) is 0.427. The van der Waals surface area contributed by atoms with E-state index in [4.69, 9.17) is 23.8 Å². The minimum absolute atomic E-state index is 0.0506. The number of thiocarbonyl (C=S) groups is 1. The van der Waals surface area contributed by atoms with Crippen molar-refractivity contribution in [2.24, 2.45) is 5.92 Å². The third-order valence-electron chi connectivity index (χ3n) is 5.43. The molecule has 3 unspecified atom stereocenters. The Labute approximate surface area is 184 Å². The molecule has 0 spiro atoms. The second kappa shape index (κ2) is 9.28. The Bertz CT molecular complexity index is 872. The molecule has 2 aliphatic rings. The Kier molecular flexibility index (Phi) is 6.52. The number of hydrogen-bond donors (Lipinski definition) is 4. The smallest absolute Gasteiger partial charge is 0.226 e. The van der Waals surface area contributed by atoms with Crippen molar-refractivity contribution in [1.82, 2.24) is 20.9 Å². The van der Waals surface area contributed by atoms with E-state index in [0.717, 1.165) is 29.2 Å². The summed E-state index contributed by atoms with van der Waals surface area (Å²) >= 11 is 12.8. The van der Waals surface area contributed by atoms with E-state index in [1.807, 2.05) is 29.6 Å². The zero-order chi connectivity index (χ0) is 20.2. The lowest BCUT2D eigenvalue weighted by atomic mass is 9.81. The molecule has 1 amide bonds. The van der Waals surface area contributed by atoms with Gasteiger partial charge in [0.05, 0.1) is 12.1 Å². The van der Waals surface area contributed by atoms with Gasteiger partial charge in [0.15, 0.2) is 10.2 Å². The Balaban J connectivity index is 1.30. The summed E-state index contributed by atoms with van der Waals surface area (Å²) in [6.07, 6.45) is 5.14. The molecule has 2 aromatic rings. The van der Waals surface area contributed by atoms with Gasteiger partial charge in [0.1, 0.15) is 6.17 Å². The number of carbonyl (C=O) groups is 1. The highest BCUT2D eigenvalue weighted by Crippen LogP contribution is 2.30. The maximum Gasteiger partial charge on any atom is 0.226 e. The van der Waals surface area contributed by atoms with Crippen LogP contribution in [0.1, 0.15) is 36.9 Å². The maximum absolute atomic E-state index is 12.3. The summed E-state index contributed by atoms with van der Waals surface area (Å²) in [5.41, 5.74) is 1.78. The molecule has 2 fully saturated rings. The molecule has 1 aliphatic heterocycles. The molecule has 1 aromatic heterocycles. The van der Waals surface area contributed by atoms with Gasteiger partial charge in [0.2, 0.25) is 5.91 Å². The fourth-order valence-corrected chi connectivity index (χ4v) is 5.11. The van der Waals surface area contributed by atoms with Crippen molar-refractivity contribution in [3.05, 3.63) is 45.9 Å². The maximum atomic E-state index is 12.3. The Morgan fingerprint density at radius 2 is 2.03 bits per heavy atom. The van der Waals surface area contributed by atoms with Crippen LogP contribution in [0.15, 0.2) is 29.6 Å². The number of halogens is 1. The molecule has 0 radical (unpaired) electrons. The van der Waals surface area contributed by atoms with Gasteiger partial charge in [0, 0.05) is 28.9 Å². The average Bonchev–Trinajstić information content (AvgIpc) is 3.14. The van der Waals surface area contributed by atoms with Crippen LogP contribution in [0.3, 0.4) is 0 Å². The van der Waals surface area contributed by atoms with Gasteiger partial charge in [-0.15, -0.1) is 11.3 Å². The van der Waals surface area contributed by atoms with Gasteiger partial charge in [-0.2, -0.15) is 0 Å². The summed E-state index contributed by atoms with van der Waals surface area (Å²) in [7, 11) is 0. The Hall–Kier alpha value is -1.90. The summed E-state index contributed by atoms with van der Waals surface area (Å²) in [6.45, 7) is 0.477. The van der Waals surface area contributed by atoms with E-state index in [1.165, 1.54) is 24.2 Å². The van der Waals surface area contributed by atoms with Crippen molar-refractivity contribution >= 4 is 51.3 Å². The Morgan fingerprint density at radius 1 is 1.24 bits per heavy atom. The van der Waals surface area contributed by atoms with Gasteiger partial charge in [-0.05, 0) is 42.8 Å². The molecule has 1 saturated carbocycles. The summed E-state index contributed by atoms with van der Waals surface area (Å²) in [6, 6.07) is 7.87. The van der Waals surface area contributed by atoms with E-state index >= 15 is 0 Å². The van der Waals surface area contributed by atoms with Crippen molar-refractivity contribution in [3.8, 4) is 0 Å². The molecular formula is C20H24ClN5OS2. The second-order valence-corrected chi connectivity index (χ2v) is 9.22. The molecule has 4 N–H and O–H groups in total.